The van der Waals surface area contributed by atoms with Crippen LogP contribution in [0.2, 0.25) is 0 Å². The third-order valence-electron chi connectivity index (χ3n) is 3.08. The lowest BCUT2D eigenvalue weighted by molar-refractivity contribution is -0.386. The number of hydrogen-bond donors (Lipinski definition) is 1. The average Bonchev–Trinajstić information content (AvgIpc) is 2.30. The smallest absolute Gasteiger partial charge is 0.312 e. The normalized spacial score (nSPS) is 21.8. The fourth-order valence-electron chi connectivity index (χ4n) is 2.05. The van der Waals surface area contributed by atoms with Gasteiger partial charge in [-0.2, -0.15) is 0 Å². The third-order valence-corrected chi connectivity index (χ3v) is 3.69. The van der Waals surface area contributed by atoms with Gasteiger partial charge in [-0.1, -0.05) is 6.92 Å². The van der Waals surface area contributed by atoms with Gasteiger partial charge in [-0.05, 0) is 35.3 Å². The van der Waals surface area contributed by atoms with E-state index in [0.717, 1.165) is 31.5 Å². The Hall–Kier alpha value is -1.21. The molecule has 1 fully saturated rings. The highest BCUT2D eigenvalue weighted by Gasteiger charge is 2.32. The number of rotatable bonds is 5. The Labute approximate surface area is 118 Å². The molecule has 0 heterocycles. The van der Waals surface area contributed by atoms with Crippen LogP contribution in [0.1, 0.15) is 19.8 Å². The molecule has 1 aliphatic carbocycles. The fraction of sp³-hybridized carbons (Fsp3) is 0.500. The Balaban J connectivity index is 2.08. The molecule has 1 saturated carbocycles. The summed E-state index contributed by atoms with van der Waals surface area (Å²) in [6.45, 7) is 2.90. The SMILES string of the molecule is CCNC1CC(Oc2cc(F)c(Br)cc2[N+](=O)[O-])C1. The maximum atomic E-state index is 13.4. The van der Waals surface area contributed by atoms with Crippen LogP contribution in [0, 0.1) is 15.9 Å². The van der Waals surface area contributed by atoms with Crippen molar-refractivity contribution in [2.75, 3.05) is 6.54 Å². The summed E-state index contributed by atoms with van der Waals surface area (Å²) in [6, 6.07) is 2.57. The molecule has 104 valence electrons. The number of nitro benzene ring substituents is 1. The Bertz CT molecular complexity index is 492. The second kappa shape index (κ2) is 5.83. The molecule has 0 aromatic heterocycles. The molecule has 0 atom stereocenters. The highest BCUT2D eigenvalue weighted by molar-refractivity contribution is 9.10. The van der Waals surface area contributed by atoms with Crippen LogP contribution in [0.15, 0.2) is 16.6 Å². The fourth-order valence-corrected chi connectivity index (χ4v) is 2.38. The first-order valence-electron chi connectivity index (χ1n) is 6.04. The van der Waals surface area contributed by atoms with Gasteiger partial charge in [0.15, 0.2) is 5.75 Å². The zero-order chi connectivity index (χ0) is 14.0. The van der Waals surface area contributed by atoms with Gasteiger partial charge in [0.1, 0.15) is 11.9 Å². The third kappa shape index (κ3) is 3.22. The number of ether oxygens (including phenoxy) is 1. The van der Waals surface area contributed by atoms with Crippen LogP contribution in [0.3, 0.4) is 0 Å². The Morgan fingerprint density at radius 3 is 2.84 bits per heavy atom. The largest absolute Gasteiger partial charge is 0.483 e. The summed E-state index contributed by atoms with van der Waals surface area (Å²) in [5.74, 6) is -0.575. The van der Waals surface area contributed by atoms with E-state index in [-0.39, 0.29) is 22.0 Å². The minimum Gasteiger partial charge on any atom is -0.483 e. The lowest BCUT2D eigenvalue weighted by Crippen LogP contribution is -2.46. The van der Waals surface area contributed by atoms with Gasteiger partial charge >= 0.3 is 5.69 Å². The quantitative estimate of drug-likeness (QED) is 0.665. The van der Waals surface area contributed by atoms with Crippen molar-refractivity contribution in [2.45, 2.75) is 31.9 Å². The van der Waals surface area contributed by atoms with E-state index in [1.165, 1.54) is 0 Å². The number of nitrogens with zero attached hydrogens (tertiary/aromatic N) is 1. The number of nitro groups is 1. The van der Waals surface area contributed by atoms with Gasteiger partial charge in [-0.15, -0.1) is 0 Å². The molecule has 0 aliphatic heterocycles. The van der Waals surface area contributed by atoms with Gasteiger partial charge in [0, 0.05) is 18.2 Å². The molecule has 7 heteroatoms. The highest BCUT2D eigenvalue weighted by Crippen LogP contribution is 2.35. The first-order chi connectivity index (χ1) is 9.01. The molecular weight excluding hydrogens is 319 g/mol. The van der Waals surface area contributed by atoms with Crippen molar-refractivity contribution < 1.29 is 14.1 Å². The molecule has 0 saturated heterocycles. The summed E-state index contributed by atoms with van der Waals surface area (Å²) in [7, 11) is 0. The van der Waals surface area contributed by atoms with Crippen molar-refractivity contribution >= 4 is 21.6 Å². The first-order valence-corrected chi connectivity index (χ1v) is 6.84. The highest BCUT2D eigenvalue weighted by atomic mass is 79.9. The summed E-state index contributed by atoms with van der Waals surface area (Å²) < 4.78 is 19.0. The molecule has 2 rings (SSSR count). The lowest BCUT2D eigenvalue weighted by Gasteiger charge is -2.35. The molecule has 0 unspecified atom stereocenters. The molecule has 1 aliphatic rings. The van der Waals surface area contributed by atoms with Crippen molar-refractivity contribution in [3.05, 3.63) is 32.5 Å². The van der Waals surface area contributed by atoms with Crippen molar-refractivity contribution in [2.24, 2.45) is 0 Å². The summed E-state index contributed by atoms with van der Waals surface area (Å²) >= 11 is 2.93. The zero-order valence-electron chi connectivity index (χ0n) is 10.4. The summed E-state index contributed by atoms with van der Waals surface area (Å²) in [4.78, 5) is 10.3. The van der Waals surface area contributed by atoms with Gasteiger partial charge in [0.05, 0.1) is 9.40 Å². The minimum atomic E-state index is -0.569. The molecule has 1 aromatic rings. The van der Waals surface area contributed by atoms with E-state index in [9.17, 15) is 14.5 Å². The molecule has 19 heavy (non-hydrogen) atoms. The van der Waals surface area contributed by atoms with Crippen molar-refractivity contribution in [3.63, 3.8) is 0 Å². The van der Waals surface area contributed by atoms with E-state index < -0.39 is 10.7 Å². The van der Waals surface area contributed by atoms with Crippen molar-refractivity contribution in [3.8, 4) is 5.75 Å². The van der Waals surface area contributed by atoms with Gasteiger partial charge in [-0.3, -0.25) is 10.1 Å². The van der Waals surface area contributed by atoms with E-state index >= 15 is 0 Å². The van der Waals surface area contributed by atoms with E-state index in [1.807, 2.05) is 6.92 Å². The number of hydrogen-bond acceptors (Lipinski definition) is 4. The molecule has 0 radical (unpaired) electrons. The van der Waals surface area contributed by atoms with E-state index in [0.29, 0.717) is 6.04 Å². The predicted molar refractivity (Wildman–Crippen MR) is 71.9 cm³/mol. The van der Waals surface area contributed by atoms with E-state index in [1.54, 1.807) is 0 Å². The van der Waals surface area contributed by atoms with Crippen LogP contribution in [-0.4, -0.2) is 23.6 Å². The minimum absolute atomic E-state index is 0.00866. The van der Waals surface area contributed by atoms with Crippen LogP contribution in [0.25, 0.3) is 0 Å². The van der Waals surface area contributed by atoms with Gasteiger partial charge in [0.25, 0.3) is 0 Å². The Morgan fingerprint density at radius 2 is 2.26 bits per heavy atom. The van der Waals surface area contributed by atoms with Crippen LogP contribution >= 0.6 is 15.9 Å². The van der Waals surface area contributed by atoms with Crippen molar-refractivity contribution in [1.29, 1.82) is 0 Å². The first kappa shape index (κ1) is 14.2. The number of halogens is 2. The molecular formula is C12H14BrFN2O3. The number of nitrogens with one attached hydrogen (secondary N) is 1. The lowest BCUT2D eigenvalue weighted by atomic mass is 9.89. The predicted octanol–water partition coefficient (Wildman–Crippen LogP) is 3.02. The maximum absolute atomic E-state index is 13.4. The summed E-state index contributed by atoms with van der Waals surface area (Å²) in [5, 5.41) is 14.2. The second-order valence-corrected chi connectivity index (χ2v) is 5.31. The summed E-state index contributed by atoms with van der Waals surface area (Å²) in [6.07, 6.45) is 1.47. The molecule has 0 spiro atoms. The topological polar surface area (TPSA) is 64.4 Å². The standard InChI is InChI=1S/C12H14BrFN2O3/c1-2-15-7-3-8(4-7)19-12-6-10(14)9(13)5-11(12)16(17)18/h5-8,15H,2-4H2,1H3. The molecule has 1 aromatic carbocycles. The Morgan fingerprint density at radius 1 is 1.58 bits per heavy atom. The molecule has 0 amide bonds. The van der Waals surface area contributed by atoms with E-state index in [2.05, 4.69) is 21.2 Å². The van der Waals surface area contributed by atoms with Crippen LogP contribution in [0.4, 0.5) is 10.1 Å². The van der Waals surface area contributed by atoms with Crippen LogP contribution in [-0.2, 0) is 0 Å². The monoisotopic (exact) mass is 332 g/mol. The van der Waals surface area contributed by atoms with Gasteiger partial charge in [-0.25, -0.2) is 4.39 Å². The number of benzene rings is 1. The van der Waals surface area contributed by atoms with Gasteiger partial charge in [0.2, 0.25) is 0 Å². The van der Waals surface area contributed by atoms with Crippen molar-refractivity contribution in [1.82, 2.24) is 5.32 Å². The maximum Gasteiger partial charge on any atom is 0.312 e. The van der Waals surface area contributed by atoms with Gasteiger partial charge < -0.3 is 10.1 Å². The summed E-state index contributed by atoms with van der Waals surface area (Å²) in [5.41, 5.74) is -0.222. The Kier molecular flexibility index (Phi) is 4.36. The molecule has 5 nitrogen and oxygen atoms in total. The molecule has 1 N–H and O–H groups in total. The van der Waals surface area contributed by atoms with Crippen LogP contribution in [0.5, 0.6) is 5.75 Å². The second-order valence-electron chi connectivity index (χ2n) is 4.46. The average molecular weight is 333 g/mol. The van der Waals surface area contributed by atoms with E-state index in [4.69, 9.17) is 4.74 Å². The van der Waals surface area contributed by atoms with Crippen LogP contribution < -0.4 is 10.1 Å². The molecule has 0 bridgehead atoms. The zero-order valence-corrected chi connectivity index (χ0v) is 11.9.